The molecule has 2 aromatic heterocycles. The van der Waals surface area contributed by atoms with E-state index in [1.807, 2.05) is 6.92 Å². The Morgan fingerprint density at radius 3 is 2.74 bits per heavy atom. The predicted octanol–water partition coefficient (Wildman–Crippen LogP) is 2.20. The summed E-state index contributed by atoms with van der Waals surface area (Å²) in [6.45, 7) is 2.40. The van der Waals surface area contributed by atoms with Crippen LogP contribution in [0, 0.1) is 5.82 Å². The van der Waals surface area contributed by atoms with Crippen molar-refractivity contribution in [3.8, 4) is 0 Å². The van der Waals surface area contributed by atoms with Crippen molar-refractivity contribution < 1.29 is 9.18 Å². The molecular formula is C16H13FN4O2. The summed E-state index contributed by atoms with van der Waals surface area (Å²) in [6.07, 6.45) is 4.41. The minimum Gasteiger partial charge on any atom is -0.347 e. The summed E-state index contributed by atoms with van der Waals surface area (Å²) >= 11 is 0. The van der Waals surface area contributed by atoms with E-state index in [2.05, 4.69) is 15.3 Å². The van der Waals surface area contributed by atoms with Crippen LogP contribution >= 0.6 is 0 Å². The van der Waals surface area contributed by atoms with E-state index in [1.165, 1.54) is 30.7 Å². The van der Waals surface area contributed by atoms with Crippen LogP contribution in [0.2, 0.25) is 0 Å². The van der Waals surface area contributed by atoms with Gasteiger partial charge in [-0.2, -0.15) is 0 Å². The molecule has 6 nitrogen and oxygen atoms in total. The normalized spacial score (nSPS) is 10.7. The first kappa shape index (κ1) is 14.8. The number of nitrogens with one attached hydrogen (secondary N) is 1. The number of carbonyl (C=O) groups is 1. The monoisotopic (exact) mass is 312 g/mol. The van der Waals surface area contributed by atoms with Gasteiger partial charge in [0.2, 0.25) is 11.4 Å². The fraction of sp³-hybridized carbons (Fsp3) is 0.125. The summed E-state index contributed by atoms with van der Waals surface area (Å²) in [7, 11) is 0. The van der Waals surface area contributed by atoms with Crippen LogP contribution < -0.4 is 10.7 Å². The fourth-order valence-electron chi connectivity index (χ4n) is 2.33. The van der Waals surface area contributed by atoms with Crippen LogP contribution in [0.15, 0.2) is 47.7 Å². The van der Waals surface area contributed by atoms with E-state index in [0.717, 1.165) is 6.07 Å². The van der Waals surface area contributed by atoms with Gasteiger partial charge in [0.1, 0.15) is 11.4 Å². The first-order valence-corrected chi connectivity index (χ1v) is 7.01. The standard InChI is InChI=1S/C16H13FN4O2/c1-2-21-9-12(15(23)20-16-18-6-3-7-19-16)14(22)11-8-10(17)4-5-13(11)21/h3-9H,2H2,1H3,(H,18,19,20,23). The van der Waals surface area contributed by atoms with E-state index in [4.69, 9.17) is 0 Å². The summed E-state index contributed by atoms with van der Waals surface area (Å²) in [5, 5.41) is 2.62. The van der Waals surface area contributed by atoms with Crippen LogP contribution in [0.1, 0.15) is 17.3 Å². The summed E-state index contributed by atoms with van der Waals surface area (Å²) in [6, 6.07) is 5.56. The van der Waals surface area contributed by atoms with E-state index in [9.17, 15) is 14.0 Å². The number of pyridine rings is 1. The SMILES string of the molecule is CCn1cc(C(=O)Nc2ncccn2)c(=O)c2cc(F)ccc21. The number of aromatic nitrogens is 3. The molecule has 3 rings (SSSR count). The topological polar surface area (TPSA) is 76.9 Å². The number of amides is 1. The Kier molecular flexibility index (Phi) is 3.84. The lowest BCUT2D eigenvalue weighted by Gasteiger charge is -2.11. The zero-order valence-corrected chi connectivity index (χ0v) is 12.3. The molecule has 0 unspecified atom stereocenters. The minimum absolute atomic E-state index is 0.0857. The zero-order chi connectivity index (χ0) is 16.4. The summed E-state index contributed by atoms with van der Waals surface area (Å²) in [5.41, 5.74) is -0.0403. The first-order valence-electron chi connectivity index (χ1n) is 7.01. The van der Waals surface area contributed by atoms with E-state index >= 15 is 0 Å². The van der Waals surface area contributed by atoms with Gasteiger partial charge in [-0.3, -0.25) is 14.9 Å². The Bertz CT molecular complexity index is 938. The molecule has 0 aliphatic heterocycles. The molecule has 0 saturated heterocycles. The van der Waals surface area contributed by atoms with E-state index in [0.29, 0.717) is 12.1 Å². The molecule has 7 heteroatoms. The summed E-state index contributed by atoms with van der Waals surface area (Å²) < 4.78 is 15.2. The highest BCUT2D eigenvalue weighted by Crippen LogP contribution is 2.14. The first-order chi connectivity index (χ1) is 11.1. The number of hydrogen-bond acceptors (Lipinski definition) is 4. The number of anilines is 1. The third-order valence-corrected chi connectivity index (χ3v) is 3.42. The predicted molar refractivity (Wildman–Crippen MR) is 83.8 cm³/mol. The van der Waals surface area contributed by atoms with Gasteiger partial charge in [-0.05, 0) is 31.2 Å². The molecule has 0 fully saturated rings. The van der Waals surface area contributed by atoms with E-state index < -0.39 is 17.2 Å². The van der Waals surface area contributed by atoms with Crippen LogP contribution in [0.5, 0.6) is 0 Å². The summed E-state index contributed by atoms with van der Waals surface area (Å²) in [5.74, 6) is -1.06. The van der Waals surface area contributed by atoms with Crippen molar-refractivity contribution in [1.82, 2.24) is 14.5 Å². The number of hydrogen-bond donors (Lipinski definition) is 1. The highest BCUT2D eigenvalue weighted by Gasteiger charge is 2.16. The van der Waals surface area contributed by atoms with E-state index in [1.54, 1.807) is 10.6 Å². The van der Waals surface area contributed by atoms with Gasteiger partial charge in [0.05, 0.1) is 5.52 Å². The van der Waals surface area contributed by atoms with Crippen molar-refractivity contribution in [2.75, 3.05) is 5.32 Å². The molecule has 0 aliphatic carbocycles. The smallest absolute Gasteiger partial charge is 0.263 e. The van der Waals surface area contributed by atoms with Crippen LogP contribution in [0.4, 0.5) is 10.3 Å². The van der Waals surface area contributed by atoms with E-state index in [-0.39, 0.29) is 16.9 Å². The number of nitrogens with zero attached hydrogens (tertiary/aromatic N) is 3. The van der Waals surface area contributed by atoms with Crippen LogP contribution in [-0.2, 0) is 6.54 Å². The number of benzene rings is 1. The number of aryl methyl sites for hydroxylation is 1. The Labute approximate surface area is 130 Å². The minimum atomic E-state index is -0.630. The van der Waals surface area contributed by atoms with Gasteiger partial charge in [-0.15, -0.1) is 0 Å². The number of rotatable bonds is 3. The van der Waals surface area contributed by atoms with Crippen LogP contribution in [-0.4, -0.2) is 20.4 Å². The van der Waals surface area contributed by atoms with Crippen molar-refractivity contribution in [1.29, 1.82) is 0 Å². The maximum Gasteiger partial charge on any atom is 0.263 e. The highest BCUT2D eigenvalue weighted by molar-refractivity contribution is 6.04. The fourth-order valence-corrected chi connectivity index (χ4v) is 2.33. The Hall–Kier alpha value is -3.09. The highest BCUT2D eigenvalue weighted by atomic mass is 19.1. The quantitative estimate of drug-likeness (QED) is 0.804. The Morgan fingerprint density at radius 1 is 1.30 bits per heavy atom. The number of carbonyl (C=O) groups excluding carboxylic acids is 1. The molecule has 0 atom stereocenters. The number of fused-ring (bicyclic) bond motifs is 1. The maximum atomic E-state index is 13.5. The molecule has 0 radical (unpaired) electrons. The lowest BCUT2D eigenvalue weighted by Crippen LogP contribution is -2.24. The lowest BCUT2D eigenvalue weighted by molar-refractivity contribution is 0.102. The number of halogens is 1. The second-order valence-electron chi connectivity index (χ2n) is 4.85. The van der Waals surface area contributed by atoms with Crippen LogP contribution in [0.3, 0.4) is 0 Å². The molecule has 2 heterocycles. The molecular weight excluding hydrogens is 299 g/mol. The van der Waals surface area contributed by atoms with Gasteiger partial charge in [-0.1, -0.05) is 0 Å². The molecule has 0 aliphatic rings. The van der Waals surface area contributed by atoms with Gasteiger partial charge in [0.15, 0.2) is 0 Å². The molecule has 1 amide bonds. The molecule has 1 N–H and O–H groups in total. The maximum absolute atomic E-state index is 13.5. The van der Waals surface area contributed by atoms with Crippen molar-refractivity contribution in [3.05, 3.63) is 64.5 Å². The molecule has 3 aromatic rings. The van der Waals surface area contributed by atoms with Gasteiger partial charge < -0.3 is 4.57 Å². The molecule has 0 spiro atoms. The van der Waals surface area contributed by atoms with Gasteiger partial charge in [0, 0.05) is 30.5 Å². The second-order valence-corrected chi connectivity index (χ2v) is 4.85. The molecule has 23 heavy (non-hydrogen) atoms. The third kappa shape index (κ3) is 2.80. The summed E-state index contributed by atoms with van der Waals surface area (Å²) in [4.78, 5) is 32.6. The van der Waals surface area contributed by atoms with Gasteiger partial charge >= 0.3 is 0 Å². The average molecular weight is 312 g/mol. The molecule has 0 saturated carbocycles. The van der Waals surface area contributed by atoms with Gasteiger partial charge in [-0.25, -0.2) is 14.4 Å². The third-order valence-electron chi connectivity index (χ3n) is 3.42. The van der Waals surface area contributed by atoms with Crippen molar-refractivity contribution in [2.45, 2.75) is 13.5 Å². The molecule has 116 valence electrons. The lowest BCUT2D eigenvalue weighted by atomic mass is 10.1. The average Bonchev–Trinajstić information content (AvgIpc) is 2.56. The second kappa shape index (κ2) is 5.96. The van der Waals surface area contributed by atoms with Crippen molar-refractivity contribution >= 4 is 22.8 Å². The molecule has 1 aromatic carbocycles. The zero-order valence-electron chi connectivity index (χ0n) is 12.3. The Morgan fingerprint density at radius 2 is 2.04 bits per heavy atom. The largest absolute Gasteiger partial charge is 0.347 e. The van der Waals surface area contributed by atoms with Crippen molar-refractivity contribution in [2.24, 2.45) is 0 Å². The Balaban J connectivity index is 2.12. The van der Waals surface area contributed by atoms with Crippen molar-refractivity contribution in [3.63, 3.8) is 0 Å². The van der Waals surface area contributed by atoms with Crippen LogP contribution in [0.25, 0.3) is 10.9 Å². The van der Waals surface area contributed by atoms with Gasteiger partial charge in [0.25, 0.3) is 5.91 Å². The molecule has 0 bridgehead atoms.